The predicted molar refractivity (Wildman–Crippen MR) is 49.9 cm³/mol. The summed E-state index contributed by atoms with van der Waals surface area (Å²) in [6.45, 7) is 3.19. The van der Waals surface area contributed by atoms with Crippen molar-refractivity contribution in [2.45, 2.75) is 13.8 Å². The fraction of sp³-hybridized carbons (Fsp3) is 0.273. The minimum atomic E-state index is -0.463. The Hall–Kier alpha value is -1.36. The van der Waals surface area contributed by atoms with E-state index in [1.807, 2.05) is 19.1 Å². The minimum absolute atomic E-state index is 0.463. The molecule has 0 amide bonds. The molecule has 1 rings (SSSR count). The van der Waals surface area contributed by atoms with Crippen LogP contribution in [-0.2, 0) is 0 Å². The number of hydrogen-bond donors (Lipinski definition) is 0. The third-order valence-electron chi connectivity index (χ3n) is 2.03. The molecule has 1 nitrogen and oxygen atoms in total. The van der Waals surface area contributed by atoms with Gasteiger partial charge in [-0.2, -0.15) is 5.26 Å². The molecule has 0 bridgehead atoms. The molecule has 0 aliphatic rings. The summed E-state index contributed by atoms with van der Waals surface area (Å²) in [5, 5.41) is 8.65. The van der Waals surface area contributed by atoms with Gasteiger partial charge >= 0.3 is 0 Å². The van der Waals surface area contributed by atoms with Gasteiger partial charge in [0.1, 0.15) is 0 Å². The molecule has 0 fully saturated rings. The Balaban J connectivity index is 3.12. The van der Waals surface area contributed by atoms with E-state index in [9.17, 15) is 4.39 Å². The molecule has 0 spiro atoms. The second-order valence-corrected chi connectivity index (χ2v) is 3.06. The molecule has 67 valence electrons. The van der Waals surface area contributed by atoms with Gasteiger partial charge in [0.25, 0.3) is 0 Å². The van der Waals surface area contributed by atoms with Crippen LogP contribution in [0.25, 0.3) is 0 Å². The Labute approximate surface area is 77.8 Å². The Kier molecular flexibility index (Phi) is 3.02. The zero-order valence-corrected chi connectivity index (χ0v) is 7.76. The monoisotopic (exact) mass is 176 g/mol. The highest BCUT2D eigenvalue weighted by Gasteiger charge is 2.09. The van der Waals surface area contributed by atoms with E-state index < -0.39 is 6.67 Å². The highest BCUT2D eigenvalue weighted by Crippen LogP contribution is 2.20. The topological polar surface area (TPSA) is 23.8 Å². The molecule has 0 heterocycles. The van der Waals surface area contributed by atoms with Gasteiger partial charge in [0.05, 0.1) is 18.3 Å². The molecule has 1 radical (unpaired) electrons. The van der Waals surface area contributed by atoms with Gasteiger partial charge in [-0.05, 0) is 30.2 Å². The van der Waals surface area contributed by atoms with Crippen LogP contribution in [0, 0.1) is 24.2 Å². The molecule has 0 aliphatic heterocycles. The molecule has 0 unspecified atom stereocenters. The predicted octanol–water partition coefficient (Wildman–Crippen LogP) is 2.78. The molecule has 0 saturated heterocycles. The summed E-state index contributed by atoms with van der Waals surface area (Å²) in [4.78, 5) is 0. The Bertz CT molecular complexity index is 338. The summed E-state index contributed by atoms with van der Waals surface area (Å²) in [7, 11) is 0. The Morgan fingerprint density at radius 3 is 2.77 bits per heavy atom. The molecule has 0 aromatic heterocycles. The van der Waals surface area contributed by atoms with E-state index in [0.717, 1.165) is 11.1 Å². The van der Waals surface area contributed by atoms with E-state index in [1.54, 1.807) is 19.1 Å². The van der Waals surface area contributed by atoms with Gasteiger partial charge in [0.2, 0.25) is 0 Å². The molecule has 1 aromatic rings. The van der Waals surface area contributed by atoms with Crippen molar-refractivity contribution in [1.82, 2.24) is 0 Å². The van der Waals surface area contributed by atoms with Crippen LogP contribution < -0.4 is 0 Å². The average Bonchev–Trinajstić information content (AvgIpc) is 2.17. The van der Waals surface area contributed by atoms with Crippen molar-refractivity contribution in [3.63, 3.8) is 0 Å². The lowest BCUT2D eigenvalue weighted by Crippen LogP contribution is -1.99. The first-order chi connectivity index (χ1) is 6.19. The second kappa shape index (κ2) is 4.04. The van der Waals surface area contributed by atoms with Gasteiger partial charge in [-0.1, -0.05) is 13.0 Å². The van der Waals surface area contributed by atoms with E-state index in [2.05, 4.69) is 0 Å². The lowest BCUT2D eigenvalue weighted by Gasteiger charge is -2.09. The Morgan fingerprint density at radius 1 is 1.54 bits per heavy atom. The zero-order valence-electron chi connectivity index (χ0n) is 7.76. The second-order valence-electron chi connectivity index (χ2n) is 3.06. The van der Waals surface area contributed by atoms with E-state index >= 15 is 0 Å². The third-order valence-corrected chi connectivity index (χ3v) is 2.03. The number of rotatable bonds is 2. The summed E-state index contributed by atoms with van der Waals surface area (Å²) >= 11 is 0. The van der Waals surface area contributed by atoms with E-state index in [4.69, 9.17) is 5.26 Å². The molecule has 0 aliphatic carbocycles. The summed E-state index contributed by atoms with van der Waals surface area (Å²) < 4.78 is 12.4. The maximum Gasteiger partial charge on any atom is 0.0997 e. The maximum atomic E-state index is 12.4. The van der Waals surface area contributed by atoms with Crippen molar-refractivity contribution in [3.8, 4) is 6.07 Å². The number of benzene rings is 1. The lowest BCUT2D eigenvalue weighted by atomic mass is 9.96. The summed E-state index contributed by atoms with van der Waals surface area (Å²) in [5.74, 6) is 0.676. The highest BCUT2D eigenvalue weighted by molar-refractivity contribution is 5.44. The number of aryl methyl sites for hydroxylation is 1. The maximum absolute atomic E-state index is 12.4. The Morgan fingerprint density at radius 2 is 2.23 bits per heavy atom. The van der Waals surface area contributed by atoms with E-state index in [1.165, 1.54) is 0 Å². The summed E-state index contributed by atoms with van der Waals surface area (Å²) in [6, 6.07) is 7.34. The number of nitrogens with zero attached hydrogens (tertiary/aromatic N) is 1. The summed E-state index contributed by atoms with van der Waals surface area (Å²) in [6.07, 6.45) is 0. The van der Waals surface area contributed by atoms with Crippen molar-refractivity contribution in [3.05, 3.63) is 40.8 Å². The van der Waals surface area contributed by atoms with E-state index in [0.29, 0.717) is 11.5 Å². The van der Waals surface area contributed by atoms with Gasteiger partial charge in [-0.25, -0.2) is 0 Å². The lowest BCUT2D eigenvalue weighted by molar-refractivity contribution is 0.515. The van der Waals surface area contributed by atoms with Crippen LogP contribution in [0.5, 0.6) is 0 Å². The van der Waals surface area contributed by atoms with E-state index in [-0.39, 0.29) is 0 Å². The van der Waals surface area contributed by atoms with Crippen molar-refractivity contribution < 1.29 is 4.39 Å². The van der Waals surface area contributed by atoms with Crippen molar-refractivity contribution >= 4 is 0 Å². The van der Waals surface area contributed by atoms with Crippen LogP contribution >= 0.6 is 0 Å². The smallest absolute Gasteiger partial charge is 0.0997 e. The largest absolute Gasteiger partial charge is 0.250 e. The zero-order chi connectivity index (χ0) is 9.84. The fourth-order valence-electron chi connectivity index (χ4n) is 1.22. The number of nitriles is 1. The number of hydrogen-bond acceptors (Lipinski definition) is 1. The first-order valence-electron chi connectivity index (χ1n) is 4.08. The molecule has 1 aromatic carbocycles. The first-order valence-corrected chi connectivity index (χ1v) is 4.08. The molecular weight excluding hydrogens is 165 g/mol. The van der Waals surface area contributed by atoms with Crippen LogP contribution in [0.15, 0.2) is 18.2 Å². The van der Waals surface area contributed by atoms with Crippen LogP contribution in [0.4, 0.5) is 4.39 Å². The van der Waals surface area contributed by atoms with Gasteiger partial charge in [0, 0.05) is 5.92 Å². The third kappa shape index (κ3) is 2.06. The normalized spacial score (nSPS) is 10.1. The van der Waals surface area contributed by atoms with Gasteiger partial charge < -0.3 is 0 Å². The quantitative estimate of drug-likeness (QED) is 0.679. The standard InChI is InChI=1S/C11H11FN/c1-8-3-4-10(7-13)5-11(8)9(2)6-12/h3-5H,6H2,1-2H3. The molecule has 0 N–H and O–H groups in total. The van der Waals surface area contributed by atoms with Gasteiger partial charge in [0.15, 0.2) is 0 Å². The molecule has 2 heteroatoms. The molecule has 0 atom stereocenters. The summed E-state index contributed by atoms with van der Waals surface area (Å²) in [5.41, 5.74) is 2.43. The van der Waals surface area contributed by atoms with Crippen LogP contribution in [-0.4, -0.2) is 6.67 Å². The van der Waals surface area contributed by atoms with Crippen LogP contribution in [0.2, 0.25) is 0 Å². The number of halogens is 1. The van der Waals surface area contributed by atoms with Gasteiger partial charge in [-0.3, -0.25) is 4.39 Å². The SMILES string of the molecule is C[C](CF)c1cc(C#N)ccc1C. The fourth-order valence-corrected chi connectivity index (χ4v) is 1.22. The minimum Gasteiger partial charge on any atom is -0.250 e. The van der Waals surface area contributed by atoms with Crippen molar-refractivity contribution in [2.75, 3.05) is 6.67 Å². The van der Waals surface area contributed by atoms with Crippen molar-refractivity contribution in [1.29, 1.82) is 5.26 Å². The first kappa shape index (κ1) is 9.73. The molecule has 13 heavy (non-hydrogen) atoms. The molecule has 0 saturated carbocycles. The van der Waals surface area contributed by atoms with Crippen molar-refractivity contribution in [2.24, 2.45) is 0 Å². The molecular formula is C11H11FN. The average molecular weight is 176 g/mol. The van der Waals surface area contributed by atoms with Gasteiger partial charge in [-0.15, -0.1) is 0 Å². The van der Waals surface area contributed by atoms with Crippen LogP contribution in [0.1, 0.15) is 23.6 Å². The number of alkyl halides is 1. The van der Waals surface area contributed by atoms with Crippen LogP contribution in [0.3, 0.4) is 0 Å². The highest BCUT2D eigenvalue weighted by atomic mass is 19.1.